The first kappa shape index (κ1) is 19.8. The molecule has 0 saturated carbocycles. The van der Waals surface area contributed by atoms with Gasteiger partial charge in [0.25, 0.3) is 0 Å². The molecule has 7 heteroatoms. The van der Waals surface area contributed by atoms with Gasteiger partial charge in [-0.05, 0) is 47.4 Å². The van der Waals surface area contributed by atoms with E-state index in [1.807, 2.05) is 6.07 Å². The van der Waals surface area contributed by atoms with E-state index >= 15 is 0 Å². The van der Waals surface area contributed by atoms with Crippen LogP contribution in [0.1, 0.15) is 22.6 Å². The summed E-state index contributed by atoms with van der Waals surface area (Å²) in [5, 5.41) is 29.8. The smallest absolute Gasteiger partial charge is 0.307 e. The molecule has 28 heavy (non-hydrogen) atoms. The Kier molecular flexibility index (Phi) is 5.65. The highest BCUT2D eigenvalue weighted by Crippen LogP contribution is 2.48. The Balaban J connectivity index is 2.25. The molecule has 1 aliphatic rings. The molecule has 0 aromatic heterocycles. The van der Waals surface area contributed by atoms with Gasteiger partial charge in [0.15, 0.2) is 23.0 Å². The van der Waals surface area contributed by atoms with Gasteiger partial charge in [0.05, 0.1) is 27.2 Å². The number of fused-ring (bicyclic) bond motifs is 1. The van der Waals surface area contributed by atoms with Crippen molar-refractivity contribution >= 4 is 5.97 Å². The maximum absolute atomic E-state index is 12.2. The predicted molar refractivity (Wildman–Crippen MR) is 101 cm³/mol. The largest absolute Gasteiger partial charge is 0.504 e. The summed E-state index contributed by atoms with van der Waals surface area (Å²) in [7, 11) is 4.50. The van der Waals surface area contributed by atoms with Crippen molar-refractivity contribution in [2.75, 3.05) is 27.9 Å². The van der Waals surface area contributed by atoms with Crippen LogP contribution in [0.15, 0.2) is 30.3 Å². The number of hydrogen-bond acceptors (Lipinski definition) is 6. The van der Waals surface area contributed by atoms with Gasteiger partial charge in [-0.2, -0.15) is 0 Å². The van der Waals surface area contributed by atoms with E-state index in [0.717, 1.165) is 11.1 Å². The number of carboxylic acids is 1. The van der Waals surface area contributed by atoms with Crippen LogP contribution in [-0.2, 0) is 11.2 Å². The molecule has 7 nitrogen and oxygen atoms in total. The average Bonchev–Trinajstić information content (AvgIpc) is 2.71. The van der Waals surface area contributed by atoms with Gasteiger partial charge in [0.1, 0.15) is 0 Å². The molecule has 3 atom stereocenters. The number of phenolic OH excluding ortho intramolecular Hbond substituents is 1. The topological polar surface area (TPSA) is 105 Å². The molecule has 0 amide bonds. The van der Waals surface area contributed by atoms with Crippen LogP contribution < -0.4 is 14.2 Å². The number of aromatic hydroxyl groups is 1. The molecule has 3 N–H and O–H groups in total. The third-order valence-electron chi connectivity index (χ3n) is 5.41. The predicted octanol–water partition coefficient (Wildman–Crippen LogP) is 2.42. The molecule has 0 spiro atoms. The molecule has 1 aliphatic carbocycles. The van der Waals surface area contributed by atoms with Crippen molar-refractivity contribution < 1.29 is 34.3 Å². The van der Waals surface area contributed by atoms with Gasteiger partial charge in [-0.3, -0.25) is 4.79 Å². The first-order chi connectivity index (χ1) is 13.4. The van der Waals surface area contributed by atoms with E-state index in [2.05, 4.69) is 0 Å². The third kappa shape index (κ3) is 3.33. The van der Waals surface area contributed by atoms with Crippen LogP contribution in [-0.4, -0.2) is 49.2 Å². The van der Waals surface area contributed by atoms with Crippen LogP contribution in [0.2, 0.25) is 0 Å². The summed E-state index contributed by atoms with van der Waals surface area (Å²) in [5.41, 5.74) is 2.36. The lowest BCUT2D eigenvalue weighted by Crippen LogP contribution is -2.37. The van der Waals surface area contributed by atoms with Crippen LogP contribution in [0.3, 0.4) is 0 Å². The number of aliphatic hydroxyl groups excluding tert-OH is 1. The first-order valence-corrected chi connectivity index (χ1v) is 8.90. The fourth-order valence-electron chi connectivity index (χ4n) is 4.08. The quantitative estimate of drug-likeness (QED) is 0.698. The summed E-state index contributed by atoms with van der Waals surface area (Å²) in [6.07, 6.45) is 0.412. The summed E-state index contributed by atoms with van der Waals surface area (Å²) >= 11 is 0. The summed E-state index contributed by atoms with van der Waals surface area (Å²) in [6, 6.07) is 8.42. The molecule has 0 heterocycles. The number of ether oxygens (including phenoxy) is 3. The van der Waals surface area contributed by atoms with Crippen LogP contribution in [0.5, 0.6) is 23.0 Å². The SMILES string of the molecule is COc1cc([C@@H]2c3cc(OC)c(OC)cc3C[C@H](CO)[C@H]2C(=O)O)ccc1O. The fraction of sp³-hybridized carbons (Fsp3) is 0.381. The zero-order valence-corrected chi connectivity index (χ0v) is 16.0. The third-order valence-corrected chi connectivity index (χ3v) is 5.41. The van der Waals surface area contributed by atoms with Gasteiger partial charge in [-0.1, -0.05) is 6.07 Å². The minimum Gasteiger partial charge on any atom is -0.504 e. The van der Waals surface area contributed by atoms with E-state index in [9.17, 15) is 20.1 Å². The zero-order chi connectivity index (χ0) is 20.4. The lowest BCUT2D eigenvalue weighted by atomic mass is 9.66. The number of aliphatic carboxylic acids is 1. The molecule has 0 bridgehead atoms. The number of carboxylic acid groups (broad SMARTS) is 1. The van der Waals surface area contributed by atoms with Crippen LogP contribution >= 0.6 is 0 Å². The van der Waals surface area contributed by atoms with E-state index in [1.165, 1.54) is 20.3 Å². The number of hydrogen-bond donors (Lipinski definition) is 3. The molecule has 2 aromatic carbocycles. The number of methoxy groups -OCH3 is 3. The second-order valence-electron chi connectivity index (χ2n) is 6.83. The monoisotopic (exact) mass is 388 g/mol. The number of aliphatic hydroxyl groups is 1. The van der Waals surface area contributed by atoms with Crippen LogP contribution in [0, 0.1) is 11.8 Å². The maximum atomic E-state index is 12.2. The van der Waals surface area contributed by atoms with Gasteiger partial charge >= 0.3 is 5.97 Å². The number of benzene rings is 2. The molecular weight excluding hydrogens is 364 g/mol. The Hall–Kier alpha value is -2.93. The molecular formula is C21H24O7. The molecule has 0 radical (unpaired) electrons. The maximum Gasteiger partial charge on any atom is 0.307 e. The highest BCUT2D eigenvalue weighted by Gasteiger charge is 2.42. The van der Waals surface area contributed by atoms with E-state index in [4.69, 9.17) is 14.2 Å². The number of carbonyl (C=O) groups is 1. The van der Waals surface area contributed by atoms with Crippen LogP contribution in [0.25, 0.3) is 0 Å². The molecule has 2 aromatic rings. The molecule has 0 aliphatic heterocycles. The normalized spacial score (nSPS) is 20.9. The second-order valence-corrected chi connectivity index (χ2v) is 6.83. The van der Waals surface area contributed by atoms with Crippen molar-refractivity contribution in [1.29, 1.82) is 0 Å². The van der Waals surface area contributed by atoms with Gasteiger partial charge in [0, 0.05) is 18.4 Å². The van der Waals surface area contributed by atoms with Crippen molar-refractivity contribution in [3.63, 3.8) is 0 Å². The molecule has 3 rings (SSSR count). The average molecular weight is 388 g/mol. The van der Waals surface area contributed by atoms with E-state index in [0.29, 0.717) is 23.5 Å². The fourth-order valence-corrected chi connectivity index (χ4v) is 4.08. The standard InChI is InChI=1S/C21H24O7/c1-26-16-7-11(4-5-15(16)23)19-14-9-18(28-3)17(27-2)8-12(14)6-13(10-22)20(19)21(24)25/h4-5,7-9,13,19-20,22-23H,6,10H2,1-3H3,(H,24,25)/t13-,19-,20-/m1/s1. The van der Waals surface area contributed by atoms with Gasteiger partial charge in [-0.15, -0.1) is 0 Å². The lowest BCUT2D eigenvalue weighted by Gasteiger charge is -2.37. The van der Waals surface area contributed by atoms with Crippen molar-refractivity contribution in [2.24, 2.45) is 11.8 Å². The summed E-state index contributed by atoms with van der Waals surface area (Å²) in [5.74, 6) is -1.56. The number of phenols is 1. The Morgan fingerprint density at radius 3 is 2.25 bits per heavy atom. The summed E-state index contributed by atoms with van der Waals surface area (Å²) in [4.78, 5) is 12.2. The van der Waals surface area contributed by atoms with Crippen molar-refractivity contribution in [1.82, 2.24) is 0 Å². The zero-order valence-electron chi connectivity index (χ0n) is 16.0. The van der Waals surface area contributed by atoms with Crippen molar-refractivity contribution in [2.45, 2.75) is 12.3 Å². The molecule has 150 valence electrons. The summed E-state index contributed by atoms with van der Waals surface area (Å²) < 4.78 is 16.0. The Bertz CT molecular complexity index is 877. The lowest BCUT2D eigenvalue weighted by molar-refractivity contribution is -0.145. The second kappa shape index (κ2) is 7.98. The number of rotatable bonds is 6. The molecule has 0 fully saturated rings. The van der Waals surface area contributed by atoms with Gasteiger partial charge < -0.3 is 29.5 Å². The Labute approximate surface area is 163 Å². The van der Waals surface area contributed by atoms with Crippen LogP contribution in [0.4, 0.5) is 0 Å². The summed E-state index contributed by atoms with van der Waals surface area (Å²) in [6.45, 7) is -0.254. The Morgan fingerprint density at radius 2 is 1.68 bits per heavy atom. The van der Waals surface area contributed by atoms with Crippen molar-refractivity contribution in [3.05, 3.63) is 47.0 Å². The molecule has 0 unspecified atom stereocenters. The van der Waals surface area contributed by atoms with Gasteiger partial charge in [0.2, 0.25) is 0 Å². The van der Waals surface area contributed by atoms with E-state index < -0.39 is 23.7 Å². The highest BCUT2D eigenvalue weighted by atomic mass is 16.5. The van der Waals surface area contributed by atoms with Gasteiger partial charge in [-0.25, -0.2) is 0 Å². The minimum atomic E-state index is -0.989. The first-order valence-electron chi connectivity index (χ1n) is 8.90. The minimum absolute atomic E-state index is 0.0276. The van der Waals surface area contributed by atoms with E-state index in [1.54, 1.807) is 25.3 Å². The van der Waals surface area contributed by atoms with Crippen molar-refractivity contribution in [3.8, 4) is 23.0 Å². The highest BCUT2D eigenvalue weighted by molar-refractivity contribution is 5.74. The Morgan fingerprint density at radius 1 is 1.04 bits per heavy atom. The van der Waals surface area contributed by atoms with E-state index in [-0.39, 0.29) is 18.1 Å². The molecule has 0 saturated heterocycles.